The Bertz CT molecular complexity index is 444. The van der Waals surface area contributed by atoms with Crippen LogP contribution in [-0.4, -0.2) is 40.2 Å². The van der Waals surface area contributed by atoms with E-state index in [4.69, 9.17) is 13.9 Å². The number of fused-ring (bicyclic) bond motifs is 1. The second kappa shape index (κ2) is 5.40. The number of carbonyl (C=O) groups excluding carboxylic acids is 1. The predicted molar refractivity (Wildman–Crippen MR) is 87.0 cm³/mol. The molecule has 126 valence electrons. The number of ether oxygens (including phenoxy) is 2. The molecule has 0 aromatic carbocycles. The highest BCUT2D eigenvalue weighted by atomic mass is 28.4. The second-order valence-electron chi connectivity index (χ2n) is 8.74. The zero-order valence-electron chi connectivity index (χ0n) is 14.7. The normalized spacial score (nSPS) is 43.8. The van der Waals surface area contributed by atoms with Gasteiger partial charge in [-0.1, -0.05) is 20.8 Å². The third kappa shape index (κ3) is 2.32. The summed E-state index contributed by atoms with van der Waals surface area (Å²) in [6, 6.07) is 0. The van der Waals surface area contributed by atoms with E-state index in [1.807, 2.05) is 0 Å². The molecule has 2 bridgehead atoms. The highest BCUT2D eigenvalue weighted by molar-refractivity contribution is 6.74. The molecule has 1 heterocycles. The molecule has 0 radical (unpaired) electrons. The van der Waals surface area contributed by atoms with E-state index in [2.05, 4.69) is 33.9 Å². The lowest BCUT2D eigenvalue weighted by Crippen LogP contribution is -2.45. The maximum Gasteiger partial charge on any atom is 0.192 e. The smallest absolute Gasteiger partial charge is 0.192 e. The van der Waals surface area contributed by atoms with Crippen molar-refractivity contribution in [1.29, 1.82) is 0 Å². The third-order valence-electron chi connectivity index (χ3n) is 6.68. The molecule has 2 saturated carbocycles. The fourth-order valence-corrected chi connectivity index (χ4v) is 6.01. The summed E-state index contributed by atoms with van der Waals surface area (Å²) in [4.78, 5) is 11.1. The molecular formula is C17H30O4Si. The molecule has 0 aromatic heterocycles. The Morgan fingerprint density at radius 1 is 1.27 bits per heavy atom. The lowest BCUT2D eigenvalue weighted by molar-refractivity contribution is -0.131. The molecule has 0 aromatic rings. The van der Waals surface area contributed by atoms with Crippen LogP contribution in [0.1, 0.15) is 33.6 Å². The fraction of sp³-hybridized carbons (Fsp3) is 0.941. The summed E-state index contributed by atoms with van der Waals surface area (Å²) in [6.07, 6.45) is 3.06. The largest absolute Gasteiger partial charge is 0.413 e. The molecule has 0 N–H and O–H groups in total. The molecular weight excluding hydrogens is 296 g/mol. The van der Waals surface area contributed by atoms with Gasteiger partial charge in [-0.15, -0.1) is 0 Å². The first-order chi connectivity index (χ1) is 10.2. The lowest BCUT2D eigenvalue weighted by atomic mass is 9.78. The van der Waals surface area contributed by atoms with Gasteiger partial charge in [0.2, 0.25) is 0 Å². The average Bonchev–Trinajstić information content (AvgIpc) is 2.96. The van der Waals surface area contributed by atoms with Crippen LogP contribution in [0.3, 0.4) is 0 Å². The zero-order valence-corrected chi connectivity index (χ0v) is 15.7. The molecule has 3 aliphatic rings. The third-order valence-corrected chi connectivity index (χ3v) is 11.2. The minimum Gasteiger partial charge on any atom is -0.413 e. The van der Waals surface area contributed by atoms with Gasteiger partial charge < -0.3 is 18.7 Å². The fourth-order valence-electron chi connectivity index (χ4n) is 4.64. The maximum atomic E-state index is 11.1. The van der Waals surface area contributed by atoms with Crippen LogP contribution in [0.25, 0.3) is 0 Å². The number of rotatable bonds is 5. The van der Waals surface area contributed by atoms with E-state index in [0.29, 0.717) is 30.1 Å². The topological polar surface area (TPSA) is 44.8 Å². The predicted octanol–water partition coefficient (Wildman–Crippen LogP) is 3.22. The Hall–Kier alpha value is -0.233. The molecule has 22 heavy (non-hydrogen) atoms. The first-order valence-electron chi connectivity index (χ1n) is 8.51. The highest BCUT2D eigenvalue weighted by Crippen LogP contribution is 2.62. The Balaban J connectivity index is 1.85. The van der Waals surface area contributed by atoms with Crippen LogP contribution in [0.5, 0.6) is 0 Å². The summed E-state index contributed by atoms with van der Waals surface area (Å²) < 4.78 is 18.4. The number of carbonyl (C=O) groups is 1. The van der Waals surface area contributed by atoms with Crippen LogP contribution in [0.4, 0.5) is 0 Å². The average molecular weight is 327 g/mol. The van der Waals surface area contributed by atoms with Crippen LogP contribution in [0.2, 0.25) is 18.1 Å². The lowest BCUT2D eigenvalue weighted by Gasteiger charge is -2.39. The van der Waals surface area contributed by atoms with E-state index in [-0.39, 0.29) is 23.5 Å². The molecule has 7 atom stereocenters. The van der Waals surface area contributed by atoms with Crippen LogP contribution in [0.15, 0.2) is 0 Å². The Morgan fingerprint density at radius 2 is 1.95 bits per heavy atom. The standard InChI is InChI=1S/C17H30O4Si/c1-17(2,3)22(5,6)21-15-11-9-12-14(15)13(10(11)7-8-18)16(19-4)20-12/h8,10-16H,7,9H2,1-6H3/t10-,11?,12?,13?,14?,15-,16-/m1/s1. The highest BCUT2D eigenvalue weighted by Gasteiger charge is 2.67. The van der Waals surface area contributed by atoms with Crippen molar-refractivity contribution in [1.82, 2.24) is 0 Å². The van der Waals surface area contributed by atoms with Gasteiger partial charge in [-0.2, -0.15) is 0 Å². The molecule has 3 rings (SSSR count). The second-order valence-corrected chi connectivity index (χ2v) is 13.5. The SMILES string of the molecule is CO[C@@H]1OC2CC3[C@@H](CC=O)C1C2[C@@H]3O[Si](C)(C)C(C)(C)C. The minimum absolute atomic E-state index is 0.155. The molecule has 4 unspecified atom stereocenters. The van der Waals surface area contributed by atoms with Crippen LogP contribution in [-0.2, 0) is 18.7 Å². The maximum absolute atomic E-state index is 11.1. The number of methoxy groups -OCH3 is 1. The molecule has 5 heteroatoms. The molecule has 0 spiro atoms. The molecule has 1 saturated heterocycles. The van der Waals surface area contributed by atoms with Crippen molar-refractivity contribution in [3.63, 3.8) is 0 Å². The Labute approximate surface area is 135 Å². The van der Waals surface area contributed by atoms with E-state index >= 15 is 0 Å². The Morgan fingerprint density at radius 3 is 2.50 bits per heavy atom. The van der Waals surface area contributed by atoms with E-state index in [9.17, 15) is 4.79 Å². The minimum atomic E-state index is -1.81. The monoisotopic (exact) mass is 326 g/mol. The van der Waals surface area contributed by atoms with Crippen molar-refractivity contribution in [3.05, 3.63) is 0 Å². The van der Waals surface area contributed by atoms with Gasteiger partial charge in [0.1, 0.15) is 6.29 Å². The van der Waals surface area contributed by atoms with Crippen LogP contribution < -0.4 is 0 Å². The van der Waals surface area contributed by atoms with Crippen LogP contribution in [0, 0.1) is 23.7 Å². The molecule has 2 aliphatic carbocycles. The summed E-state index contributed by atoms with van der Waals surface area (Å²) in [5.41, 5.74) is 0. The summed E-state index contributed by atoms with van der Waals surface area (Å²) in [5, 5.41) is 0.204. The van der Waals surface area contributed by atoms with Crippen molar-refractivity contribution in [3.8, 4) is 0 Å². The quantitative estimate of drug-likeness (QED) is 0.575. The van der Waals surface area contributed by atoms with E-state index < -0.39 is 8.32 Å². The summed E-state index contributed by atoms with van der Waals surface area (Å²) in [6.45, 7) is 11.5. The number of aldehydes is 1. The molecule has 4 nitrogen and oxygen atoms in total. The van der Waals surface area contributed by atoms with Gasteiger partial charge in [-0.3, -0.25) is 0 Å². The van der Waals surface area contributed by atoms with Gasteiger partial charge in [0.15, 0.2) is 14.6 Å². The first kappa shape index (κ1) is 16.6. The van der Waals surface area contributed by atoms with Gasteiger partial charge in [0.05, 0.1) is 12.2 Å². The van der Waals surface area contributed by atoms with Crippen molar-refractivity contribution < 1.29 is 18.7 Å². The molecule has 0 amide bonds. The zero-order chi connectivity index (χ0) is 16.3. The summed E-state index contributed by atoms with van der Waals surface area (Å²) >= 11 is 0. The molecule has 3 fully saturated rings. The number of hydrogen-bond acceptors (Lipinski definition) is 4. The van der Waals surface area contributed by atoms with Gasteiger partial charge >= 0.3 is 0 Å². The van der Waals surface area contributed by atoms with Gasteiger partial charge in [0.25, 0.3) is 0 Å². The Kier molecular flexibility index (Phi) is 4.08. The molecule has 1 aliphatic heterocycles. The van der Waals surface area contributed by atoms with Crippen molar-refractivity contribution in [2.24, 2.45) is 23.7 Å². The van der Waals surface area contributed by atoms with E-state index in [0.717, 1.165) is 12.7 Å². The van der Waals surface area contributed by atoms with E-state index in [1.54, 1.807) is 7.11 Å². The van der Waals surface area contributed by atoms with Gasteiger partial charge in [-0.05, 0) is 36.4 Å². The van der Waals surface area contributed by atoms with E-state index in [1.165, 1.54) is 0 Å². The summed E-state index contributed by atoms with van der Waals surface area (Å²) in [7, 11) is -0.102. The van der Waals surface area contributed by atoms with Crippen molar-refractivity contribution in [2.75, 3.05) is 7.11 Å². The van der Waals surface area contributed by atoms with Gasteiger partial charge in [0, 0.05) is 25.4 Å². The van der Waals surface area contributed by atoms with Gasteiger partial charge in [-0.25, -0.2) is 0 Å². The van der Waals surface area contributed by atoms with Crippen molar-refractivity contribution in [2.45, 2.75) is 70.2 Å². The number of hydrogen-bond donors (Lipinski definition) is 0. The first-order valence-corrected chi connectivity index (χ1v) is 11.4. The summed E-state index contributed by atoms with van der Waals surface area (Å²) in [5.74, 6) is 1.56. The van der Waals surface area contributed by atoms with Crippen LogP contribution >= 0.6 is 0 Å². The van der Waals surface area contributed by atoms with Crippen molar-refractivity contribution >= 4 is 14.6 Å².